The largest absolute Gasteiger partial charge is 0.480 e. The van der Waals surface area contributed by atoms with Crippen LogP contribution in [0.4, 0.5) is 14.6 Å². The molecule has 0 bridgehead atoms. The summed E-state index contributed by atoms with van der Waals surface area (Å²) in [7, 11) is 1.49. The third-order valence-corrected chi connectivity index (χ3v) is 8.69. The van der Waals surface area contributed by atoms with Crippen molar-refractivity contribution in [1.82, 2.24) is 25.2 Å². The van der Waals surface area contributed by atoms with Crippen LogP contribution in [0, 0.1) is 11.6 Å². The van der Waals surface area contributed by atoms with Gasteiger partial charge in [-0.2, -0.15) is 9.97 Å². The Balaban J connectivity index is 0.00000155. The predicted molar refractivity (Wildman–Crippen MR) is 161 cm³/mol. The number of nitrogens with zero attached hydrogens (tertiary/aromatic N) is 5. The Labute approximate surface area is 245 Å². The minimum Gasteiger partial charge on any atom is -0.480 e. The second-order valence-corrected chi connectivity index (χ2v) is 11.0. The fraction of sp³-hybridized carbons (Fsp3) is 0.469. The van der Waals surface area contributed by atoms with Crippen molar-refractivity contribution < 1.29 is 18.3 Å². The number of halogens is 2. The van der Waals surface area contributed by atoms with Crippen LogP contribution in [-0.2, 0) is 0 Å². The minimum atomic E-state index is -0.656. The molecule has 222 valence electrons. The molecule has 4 aromatic rings. The van der Waals surface area contributed by atoms with Crippen molar-refractivity contribution in [2.75, 3.05) is 57.9 Å². The number of anilines is 1. The molecule has 5 heterocycles. The van der Waals surface area contributed by atoms with E-state index in [1.807, 2.05) is 32.0 Å². The molecule has 7 rings (SSSR count). The molecule has 2 aromatic heterocycles. The summed E-state index contributed by atoms with van der Waals surface area (Å²) in [6.45, 7) is 9.53. The zero-order valence-corrected chi connectivity index (χ0v) is 24.6. The molecule has 0 amide bonds. The Morgan fingerprint density at radius 3 is 2.43 bits per heavy atom. The van der Waals surface area contributed by atoms with E-state index in [0.29, 0.717) is 47.2 Å². The molecule has 3 fully saturated rings. The zero-order valence-electron chi connectivity index (χ0n) is 24.6. The quantitative estimate of drug-likeness (QED) is 0.319. The summed E-state index contributed by atoms with van der Waals surface area (Å²) in [6.07, 6.45) is 4.45. The van der Waals surface area contributed by atoms with E-state index in [-0.39, 0.29) is 28.6 Å². The van der Waals surface area contributed by atoms with Gasteiger partial charge in [-0.1, -0.05) is 38.1 Å². The first-order valence-electron chi connectivity index (χ1n) is 15.0. The number of hydrogen-bond donors (Lipinski definition) is 1. The van der Waals surface area contributed by atoms with Gasteiger partial charge >= 0.3 is 6.01 Å². The van der Waals surface area contributed by atoms with E-state index in [0.717, 1.165) is 51.9 Å². The second-order valence-electron chi connectivity index (χ2n) is 11.0. The number of rotatable bonds is 6. The van der Waals surface area contributed by atoms with Gasteiger partial charge in [0.2, 0.25) is 5.88 Å². The first kappa shape index (κ1) is 28.5. The second kappa shape index (κ2) is 11.9. The lowest BCUT2D eigenvalue weighted by atomic mass is 9.95. The number of pyridine rings is 1. The number of benzene rings is 2. The fourth-order valence-corrected chi connectivity index (χ4v) is 6.73. The molecular weight excluding hydrogens is 538 g/mol. The number of ether oxygens (including phenoxy) is 2. The third-order valence-electron chi connectivity index (χ3n) is 8.69. The summed E-state index contributed by atoms with van der Waals surface area (Å²) >= 11 is 0. The summed E-state index contributed by atoms with van der Waals surface area (Å²) in [5, 5.41) is 5.08. The highest BCUT2D eigenvalue weighted by atomic mass is 19.1. The molecule has 42 heavy (non-hydrogen) atoms. The molecule has 0 saturated carbocycles. The lowest BCUT2D eigenvalue weighted by Crippen LogP contribution is -2.44. The Morgan fingerprint density at radius 2 is 1.69 bits per heavy atom. The maximum absolute atomic E-state index is 16.6. The highest BCUT2D eigenvalue weighted by molar-refractivity contribution is 6.01. The van der Waals surface area contributed by atoms with Crippen LogP contribution in [-0.4, -0.2) is 78.4 Å². The zero-order chi connectivity index (χ0) is 29.3. The van der Waals surface area contributed by atoms with Gasteiger partial charge in [0.25, 0.3) is 0 Å². The Morgan fingerprint density at radius 1 is 0.952 bits per heavy atom. The SMILES string of the molecule is CC.COc1nc(-c2cc(F)cc3ccccc23)c(F)c2nc(OCC34CCCN3CCC4)nc(N3CCNCC3)c12. The lowest BCUT2D eigenvalue weighted by Gasteiger charge is -2.32. The van der Waals surface area contributed by atoms with Crippen molar-refractivity contribution in [2.45, 2.75) is 45.1 Å². The van der Waals surface area contributed by atoms with Gasteiger partial charge in [0.15, 0.2) is 5.82 Å². The Kier molecular flexibility index (Phi) is 8.09. The summed E-state index contributed by atoms with van der Waals surface area (Å²) < 4.78 is 43.3. The van der Waals surface area contributed by atoms with E-state index in [4.69, 9.17) is 14.5 Å². The van der Waals surface area contributed by atoms with Crippen LogP contribution < -0.4 is 19.7 Å². The summed E-state index contributed by atoms with van der Waals surface area (Å²) in [4.78, 5) is 18.6. The third kappa shape index (κ3) is 5.00. The highest BCUT2D eigenvalue weighted by Gasteiger charge is 2.45. The van der Waals surface area contributed by atoms with Crippen LogP contribution in [0.2, 0.25) is 0 Å². The van der Waals surface area contributed by atoms with Crippen LogP contribution in [0.15, 0.2) is 36.4 Å². The van der Waals surface area contributed by atoms with Crippen LogP contribution in [0.5, 0.6) is 11.9 Å². The Hall–Kier alpha value is -3.63. The molecular formula is C32H38F2N6O2. The molecule has 0 atom stereocenters. The molecule has 1 N–H and O–H groups in total. The van der Waals surface area contributed by atoms with Gasteiger partial charge in [0.1, 0.15) is 34.8 Å². The van der Waals surface area contributed by atoms with Crippen molar-refractivity contribution in [3.05, 3.63) is 48.0 Å². The average Bonchev–Trinajstić information content (AvgIpc) is 3.62. The van der Waals surface area contributed by atoms with Crippen molar-refractivity contribution in [3.8, 4) is 23.1 Å². The maximum Gasteiger partial charge on any atom is 0.319 e. The number of nitrogens with one attached hydrogen (secondary N) is 1. The average molecular weight is 577 g/mol. The topological polar surface area (TPSA) is 75.6 Å². The predicted octanol–water partition coefficient (Wildman–Crippen LogP) is 5.57. The molecule has 0 aliphatic carbocycles. The van der Waals surface area contributed by atoms with Gasteiger partial charge in [-0.3, -0.25) is 4.90 Å². The van der Waals surface area contributed by atoms with Crippen molar-refractivity contribution in [1.29, 1.82) is 0 Å². The maximum atomic E-state index is 16.6. The standard InChI is InChI=1S/C30H32F2N6O2.C2H6/c1-39-28-23-26(24(32)25(34-28)22-17-20(31)16-19-6-2-3-7-21(19)22)35-29(36-27(23)37-14-10-33-11-15-37)40-18-30-8-4-12-38(30)13-5-9-30;1-2/h2-3,6-7,16-17,33H,4-5,8-15,18H2,1H3;1-2H3. The molecule has 3 saturated heterocycles. The van der Waals surface area contributed by atoms with E-state index >= 15 is 4.39 Å². The summed E-state index contributed by atoms with van der Waals surface area (Å²) in [5.41, 5.74) is 0.367. The number of hydrogen-bond acceptors (Lipinski definition) is 8. The van der Waals surface area contributed by atoms with E-state index in [1.54, 1.807) is 6.07 Å². The first-order valence-corrected chi connectivity index (χ1v) is 15.0. The normalized spacial score (nSPS) is 18.2. The van der Waals surface area contributed by atoms with Crippen molar-refractivity contribution >= 4 is 27.5 Å². The Bertz CT molecular complexity index is 1580. The van der Waals surface area contributed by atoms with Crippen molar-refractivity contribution in [3.63, 3.8) is 0 Å². The molecule has 10 heteroatoms. The van der Waals surface area contributed by atoms with Crippen LogP contribution in [0.1, 0.15) is 39.5 Å². The molecule has 3 aliphatic heterocycles. The minimum absolute atomic E-state index is 0.00631. The van der Waals surface area contributed by atoms with E-state index in [2.05, 4.69) is 25.1 Å². The first-order chi connectivity index (χ1) is 20.6. The van der Waals surface area contributed by atoms with Crippen LogP contribution in [0.25, 0.3) is 32.9 Å². The van der Waals surface area contributed by atoms with Gasteiger partial charge < -0.3 is 19.7 Å². The van der Waals surface area contributed by atoms with Gasteiger partial charge in [0.05, 0.1) is 12.6 Å². The van der Waals surface area contributed by atoms with Crippen molar-refractivity contribution in [2.24, 2.45) is 0 Å². The number of piperazine rings is 1. The van der Waals surface area contributed by atoms with Crippen LogP contribution >= 0.6 is 0 Å². The number of methoxy groups -OCH3 is 1. The lowest BCUT2D eigenvalue weighted by molar-refractivity contribution is 0.108. The molecule has 8 nitrogen and oxygen atoms in total. The fourth-order valence-electron chi connectivity index (χ4n) is 6.73. The number of aromatic nitrogens is 3. The van der Waals surface area contributed by atoms with Gasteiger partial charge in [-0.25, -0.2) is 13.8 Å². The van der Waals surface area contributed by atoms with E-state index in [9.17, 15) is 4.39 Å². The van der Waals surface area contributed by atoms with Gasteiger partial charge in [0, 0.05) is 31.7 Å². The van der Waals surface area contributed by atoms with Crippen LogP contribution in [0.3, 0.4) is 0 Å². The van der Waals surface area contributed by atoms with Gasteiger partial charge in [-0.05, 0) is 61.7 Å². The van der Waals surface area contributed by atoms with Gasteiger partial charge in [-0.15, -0.1) is 0 Å². The molecule has 2 aromatic carbocycles. The molecule has 3 aliphatic rings. The highest BCUT2D eigenvalue weighted by Crippen LogP contribution is 2.41. The molecule has 0 spiro atoms. The smallest absolute Gasteiger partial charge is 0.319 e. The summed E-state index contributed by atoms with van der Waals surface area (Å²) in [6, 6.07) is 10.2. The molecule has 0 radical (unpaired) electrons. The molecule has 0 unspecified atom stereocenters. The monoisotopic (exact) mass is 576 g/mol. The van der Waals surface area contributed by atoms with E-state index < -0.39 is 11.6 Å². The number of fused-ring (bicyclic) bond motifs is 3. The summed E-state index contributed by atoms with van der Waals surface area (Å²) in [5.74, 6) is -0.403. The van der Waals surface area contributed by atoms with E-state index in [1.165, 1.54) is 19.2 Å².